The molecule has 0 aliphatic heterocycles. The Morgan fingerprint density at radius 2 is 1.04 bits per heavy atom. The third kappa shape index (κ3) is 6.95. The highest BCUT2D eigenvalue weighted by molar-refractivity contribution is 6.21. The predicted molar refractivity (Wildman–Crippen MR) is 304 cm³/mol. The lowest BCUT2D eigenvalue weighted by atomic mass is 9.86. The molecule has 0 saturated heterocycles. The Kier molecular flexibility index (Phi) is 10.4. The standard InChI is InChI=1S/C68H56F2N2O4/c1-35(2)28-40-12-11-15-56-60(40)51-23-22-47-48(65(51)74-56)24-26-71(7)63(47)62-44(38(5)31-54-46-21-18-43(70)34-58(46)76-68(54)62)19-16-36(3)29-41-32-52-49(66-61(41)50-13-9-10-14-55(50)73-66)25-27-72(8)64(52)59-39(6)37(4)30-53-45-20-17-42(69)33-57(45)75-67(53)59/h9-15,17-18,20-27,30-36H,16,19,28-29H2,1-8H3/q+2. The zero-order valence-corrected chi connectivity index (χ0v) is 44.0. The van der Waals surface area contributed by atoms with Gasteiger partial charge < -0.3 is 17.7 Å². The van der Waals surface area contributed by atoms with Crippen molar-refractivity contribution in [1.82, 2.24) is 0 Å². The van der Waals surface area contributed by atoms with Gasteiger partial charge in [0.05, 0.1) is 21.9 Å². The molecule has 0 radical (unpaired) electrons. The monoisotopic (exact) mass is 1000 g/mol. The van der Waals surface area contributed by atoms with Gasteiger partial charge in [0.15, 0.2) is 12.4 Å². The van der Waals surface area contributed by atoms with E-state index >= 15 is 0 Å². The second-order valence-corrected chi connectivity index (χ2v) is 22.1. The third-order valence-corrected chi connectivity index (χ3v) is 16.6. The fraction of sp³-hybridized carbons (Fsp3) is 0.206. The van der Waals surface area contributed by atoms with Crippen molar-refractivity contribution in [3.8, 4) is 22.5 Å². The molecule has 6 aromatic heterocycles. The van der Waals surface area contributed by atoms with Crippen molar-refractivity contribution in [3.63, 3.8) is 0 Å². The summed E-state index contributed by atoms with van der Waals surface area (Å²) in [6, 6.07) is 40.0. The first-order valence-electron chi connectivity index (χ1n) is 26.6. The molecule has 374 valence electrons. The molecular formula is C68H56F2N2O4+2. The van der Waals surface area contributed by atoms with Crippen LogP contribution in [-0.4, -0.2) is 0 Å². The molecule has 14 aromatic rings. The van der Waals surface area contributed by atoms with E-state index < -0.39 is 0 Å². The first kappa shape index (κ1) is 46.2. The van der Waals surface area contributed by atoms with E-state index in [0.717, 1.165) is 158 Å². The number of aryl methyl sites for hydroxylation is 4. The molecule has 6 nitrogen and oxygen atoms in total. The molecule has 0 saturated carbocycles. The van der Waals surface area contributed by atoms with Crippen LogP contribution in [-0.2, 0) is 33.4 Å². The van der Waals surface area contributed by atoms with E-state index in [9.17, 15) is 8.78 Å². The Balaban J connectivity index is 0.928. The highest BCUT2D eigenvalue weighted by atomic mass is 19.1. The summed E-state index contributed by atoms with van der Waals surface area (Å²) in [4.78, 5) is 0. The quantitative estimate of drug-likeness (QED) is 0.135. The largest absolute Gasteiger partial charge is 0.455 e. The molecule has 0 aliphatic rings. The molecule has 8 heteroatoms. The SMILES string of the molecule is Cc1cc2c(oc3cc(F)ccc32)c(-c2c3cc(CC(C)CCc4c(C)cc5c(oc6cc(F)ccc65)c4-c4c5ccc6c(oc7cccc(CC(C)C)c76)c5cc[n+]4C)c4c5ccccc5oc4c3cc[n+]2C)c1C. The van der Waals surface area contributed by atoms with Crippen LogP contribution in [0.4, 0.5) is 8.78 Å². The van der Waals surface area contributed by atoms with E-state index in [1.54, 1.807) is 0 Å². The van der Waals surface area contributed by atoms with Crippen molar-refractivity contribution < 1.29 is 35.6 Å². The minimum Gasteiger partial charge on any atom is -0.455 e. The van der Waals surface area contributed by atoms with Gasteiger partial charge in [-0.1, -0.05) is 51.1 Å². The first-order valence-corrected chi connectivity index (χ1v) is 26.6. The van der Waals surface area contributed by atoms with Gasteiger partial charge in [-0.3, -0.25) is 0 Å². The molecule has 0 bridgehead atoms. The van der Waals surface area contributed by atoms with Crippen molar-refractivity contribution >= 4 is 109 Å². The highest BCUT2D eigenvalue weighted by Gasteiger charge is 2.31. The number of hydrogen-bond acceptors (Lipinski definition) is 4. The first-order chi connectivity index (χ1) is 36.8. The summed E-state index contributed by atoms with van der Waals surface area (Å²) in [7, 11) is 4.19. The summed E-state index contributed by atoms with van der Waals surface area (Å²) in [5.41, 5.74) is 17.1. The number of aromatic nitrogens is 2. The smallest absolute Gasteiger partial charge is 0.224 e. The number of nitrogens with zero attached hydrogens (tertiary/aromatic N) is 2. The fourth-order valence-corrected chi connectivity index (χ4v) is 12.9. The van der Waals surface area contributed by atoms with Crippen LogP contribution in [0.5, 0.6) is 0 Å². The van der Waals surface area contributed by atoms with Crippen LogP contribution < -0.4 is 9.13 Å². The minimum atomic E-state index is -0.332. The topological polar surface area (TPSA) is 60.3 Å². The lowest BCUT2D eigenvalue weighted by Gasteiger charge is -2.18. The number of para-hydroxylation sites is 1. The van der Waals surface area contributed by atoms with Gasteiger partial charge in [0.2, 0.25) is 11.4 Å². The molecule has 1 atom stereocenters. The van der Waals surface area contributed by atoms with Gasteiger partial charge in [0.25, 0.3) is 0 Å². The van der Waals surface area contributed by atoms with Crippen molar-refractivity contribution in [2.24, 2.45) is 25.9 Å². The lowest BCUT2D eigenvalue weighted by molar-refractivity contribution is -0.659. The number of halogens is 2. The van der Waals surface area contributed by atoms with Gasteiger partial charge in [-0.25, -0.2) is 17.9 Å². The second kappa shape index (κ2) is 17.1. The summed E-state index contributed by atoms with van der Waals surface area (Å²) in [6.07, 6.45) is 7.62. The summed E-state index contributed by atoms with van der Waals surface area (Å²) >= 11 is 0. The van der Waals surface area contributed by atoms with Crippen LogP contribution in [0.25, 0.3) is 132 Å². The van der Waals surface area contributed by atoms with Gasteiger partial charge in [-0.05, 0) is 158 Å². The van der Waals surface area contributed by atoms with Gasteiger partial charge in [-0.15, -0.1) is 0 Å². The maximum absolute atomic E-state index is 15.0. The van der Waals surface area contributed by atoms with Gasteiger partial charge in [0, 0.05) is 78.1 Å². The zero-order valence-electron chi connectivity index (χ0n) is 44.0. The van der Waals surface area contributed by atoms with E-state index in [0.29, 0.717) is 17.1 Å². The van der Waals surface area contributed by atoms with Crippen LogP contribution in [0.15, 0.2) is 151 Å². The van der Waals surface area contributed by atoms with E-state index in [1.165, 1.54) is 46.3 Å². The molecule has 8 aromatic carbocycles. The molecule has 0 amide bonds. The lowest BCUT2D eigenvalue weighted by Crippen LogP contribution is -2.31. The fourth-order valence-electron chi connectivity index (χ4n) is 12.9. The Morgan fingerprint density at radius 1 is 0.447 bits per heavy atom. The average molecular weight is 1000 g/mol. The molecule has 1 unspecified atom stereocenters. The molecule has 0 aliphatic carbocycles. The second-order valence-electron chi connectivity index (χ2n) is 22.1. The van der Waals surface area contributed by atoms with Crippen LogP contribution in [0.3, 0.4) is 0 Å². The van der Waals surface area contributed by atoms with Gasteiger partial charge in [-0.2, -0.15) is 0 Å². The Hall–Kier alpha value is -8.36. The number of furan rings is 4. The maximum atomic E-state index is 15.0. The summed E-state index contributed by atoms with van der Waals surface area (Å²) in [6.45, 7) is 13.4. The van der Waals surface area contributed by atoms with E-state index in [-0.39, 0.29) is 17.6 Å². The van der Waals surface area contributed by atoms with Gasteiger partial charge in [0.1, 0.15) is 70.4 Å². The molecule has 76 heavy (non-hydrogen) atoms. The Morgan fingerprint density at radius 3 is 1.75 bits per heavy atom. The number of rotatable bonds is 9. The van der Waals surface area contributed by atoms with Crippen LogP contribution in [0.1, 0.15) is 60.6 Å². The number of fused-ring (bicyclic) bond motifs is 16. The zero-order chi connectivity index (χ0) is 52.0. The third-order valence-electron chi connectivity index (χ3n) is 16.6. The van der Waals surface area contributed by atoms with E-state index in [4.69, 9.17) is 17.7 Å². The highest BCUT2D eigenvalue weighted by Crippen LogP contribution is 2.47. The van der Waals surface area contributed by atoms with Crippen molar-refractivity contribution in [3.05, 3.63) is 179 Å². The number of benzene rings is 8. The molecular weight excluding hydrogens is 947 g/mol. The normalized spacial score (nSPS) is 12.9. The van der Waals surface area contributed by atoms with Crippen LogP contribution in [0.2, 0.25) is 0 Å². The van der Waals surface area contributed by atoms with E-state index in [1.807, 2.05) is 18.2 Å². The summed E-state index contributed by atoms with van der Waals surface area (Å²) in [5, 5.41) is 12.4. The Bertz CT molecular complexity index is 4800. The molecule has 14 rings (SSSR count). The summed E-state index contributed by atoms with van der Waals surface area (Å²) in [5.74, 6) is 0.0560. The predicted octanol–water partition coefficient (Wildman–Crippen LogP) is 17.8. The Labute approximate surface area is 437 Å². The average Bonchev–Trinajstić information content (AvgIpc) is 4.17. The molecule has 0 spiro atoms. The van der Waals surface area contributed by atoms with Crippen molar-refractivity contribution in [2.45, 2.75) is 67.2 Å². The van der Waals surface area contributed by atoms with Crippen molar-refractivity contribution in [2.75, 3.05) is 0 Å². The number of pyridine rings is 2. The van der Waals surface area contributed by atoms with E-state index in [2.05, 4.69) is 156 Å². The van der Waals surface area contributed by atoms with Crippen molar-refractivity contribution in [1.29, 1.82) is 0 Å². The van der Waals surface area contributed by atoms with Gasteiger partial charge >= 0.3 is 0 Å². The van der Waals surface area contributed by atoms with Crippen LogP contribution in [0, 0.1) is 44.2 Å². The molecule has 6 heterocycles. The molecule has 0 N–H and O–H groups in total. The van der Waals surface area contributed by atoms with Crippen LogP contribution >= 0.6 is 0 Å². The summed E-state index contributed by atoms with van der Waals surface area (Å²) < 4.78 is 61.2. The maximum Gasteiger partial charge on any atom is 0.224 e. The minimum absolute atomic E-state index is 0.220. The number of hydrogen-bond donors (Lipinski definition) is 0. The molecule has 0 fully saturated rings.